The van der Waals surface area contributed by atoms with Crippen molar-refractivity contribution < 1.29 is 9.47 Å². The minimum Gasteiger partial charge on any atom is -0.497 e. The fourth-order valence-electron chi connectivity index (χ4n) is 1.10. The van der Waals surface area contributed by atoms with Crippen molar-refractivity contribution in [1.29, 1.82) is 0 Å². The predicted molar refractivity (Wildman–Crippen MR) is 51.7 cm³/mol. The molecule has 1 aromatic rings. The van der Waals surface area contributed by atoms with E-state index in [0.29, 0.717) is 11.1 Å². The molecule has 0 bridgehead atoms. The van der Waals surface area contributed by atoms with Crippen molar-refractivity contribution in [2.75, 3.05) is 7.11 Å². The Labute approximate surface area is 82.4 Å². The van der Waals surface area contributed by atoms with Crippen LogP contribution in [0.4, 0.5) is 0 Å². The highest BCUT2D eigenvalue weighted by Gasteiger charge is 2.23. The zero-order chi connectivity index (χ0) is 9.26. The van der Waals surface area contributed by atoms with E-state index in [1.54, 1.807) is 13.2 Å². The van der Waals surface area contributed by atoms with E-state index < -0.39 is 0 Å². The number of hydrogen-bond acceptors (Lipinski definition) is 2. The third-order valence-corrected chi connectivity index (χ3v) is 2.13. The molecule has 3 heteroatoms. The summed E-state index contributed by atoms with van der Waals surface area (Å²) < 4.78 is 10.7. The van der Waals surface area contributed by atoms with Crippen molar-refractivity contribution in [3.05, 3.63) is 23.2 Å². The van der Waals surface area contributed by atoms with Crippen LogP contribution in [0.2, 0.25) is 5.02 Å². The largest absolute Gasteiger partial charge is 0.497 e. The number of methoxy groups -OCH3 is 1. The Hall–Kier alpha value is -0.890. The summed E-state index contributed by atoms with van der Waals surface area (Å²) in [6.45, 7) is 0. The number of hydrogen-bond donors (Lipinski definition) is 0. The van der Waals surface area contributed by atoms with Crippen LogP contribution in [0.3, 0.4) is 0 Å². The summed E-state index contributed by atoms with van der Waals surface area (Å²) >= 11 is 5.87. The summed E-state index contributed by atoms with van der Waals surface area (Å²) in [5.41, 5.74) is 0. The Morgan fingerprint density at radius 1 is 1.23 bits per heavy atom. The molecule has 70 valence electrons. The average Bonchev–Trinajstić information content (AvgIpc) is 2.87. The quantitative estimate of drug-likeness (QED) is 0.744. The third-order valence-electron chi connectivity index (χ3n) is 1.91. The minimum absolute atomic E-state index is 0.392. The van der Waals surface area contributed by atoms with Crippen LogP contribution < -0.4 is 9.47 Å². The van der Waals surface area contributed by atoms with Gasteiger partial charge in [0.15, 0.2) is 0 Å². The van der Waals surface area contributed by atoms with Gasteiger partial charge in [-0.15, -0.1) is 0 Å². The topological polar surface area (TPSA) is 18.5 Å². The van der Waals surface area contributed by atoms with Gasteiger partial charge in [-0.05, 0) is 25.0 Å². The van der Waals surface area contributed by atoms with Crippen molar-refractivity contribution in [2.24, 2.45) is 0 Å². The molecule has 0 aliphatic heterocycles. The number of halogens is 1. The first-order valence-electron chi connectivity index (χ1n) is 4.29. The zero-order valence-electron chi connectivity index (χ0n) is 7.42. The van der Waals surface area contributed by atoms with Crippen LogP contribution in [0, 0.1) is 0 Å². The summed E-state index contributed by atoms with van der Waals surface area (Å²) in [6.07, 6.45) is 2.69. The second-order valence-corrected chi connectivity index (χ2v) is 3.58. The van der Waals surface area contributed by atoms with E-state index in [-0.39, 0.29) is 0 Å². The molecule has 1 saturated carbocycles. The minimum atomic E-state index is 0.392. The van der Waals surface area contributed by atoms with Gasteiger partial charge in [0, 0.05) is 11.1 Å². The normalized spacial score (nSPS) is 15.5. The molecule has 0 unspecified atom stereocenters. The summed E-state index contributed by atoms with van der Waals surface area (Å²) in [5, 5.41) is 0.648. The SMILES string of the molecule is COc1cc(Cl)cc(OC2CC2)c1. The van der Waals surface area contributed by atoms with Gasteiger partial charge in [-0.3, -0.25) is 0 Å². The monoisotopic (exact) mass is 198 g/mol. The maximum atomic E-state index is 5.87. The molecule has 0 aromatic heterocycles. The van der Waals surface area contributed by atoms with Gasteiger partial charge in [0.25, 0.3) is 0 Å². The molecule has 0 spiro atoms. The summed E-state index contributed by atoms with van der Waals surface area (Å²) in [6, 6.07) is 5.42. The molecule has 0 atom stereocenters. The first kappa shape index (κ1) is 8.70. The van der Waals surface area contributed by atoms with Gasteiger partial charge in [-0.1, -0.05) is 11.6 Å². The molecule has 1 fully saturated rings. The molecule has 0 heterocycles. The summed E-state index contributed by atoms with van der Waals surface area (Å²) in [4.78, 5) is 0. The third kappa shape index (κ3) is 2.28. The van der Waals surface area contributed by atoms with Crippen LogP contribution in [0.15, 0.2) is 18.2 Å². The number of ether oxygens (including phenoxy) is 2. The molecule has 0 amide bonds. The lowest BCUT2D eigenvalue weighted by Gasteiger charge is -2.06. The maximum Gasteiger partial charge on any atom is 0.124 e. The second-order valence-electron chi connectivity index (χ2n) is 3.14. The molecule has 1 aliphatic rings. The Morgan fingerprint density at radius 3 is 2.54 bits per heavy atom. The molecular weight excluding hydrogens is 188 g/mol. The van der Waals surface area contributed by atoms with Crippen molar-refractivity contribution >= 4 is 11.6 Å². The molecule has 2 rings (SSSR count). The van der Waals surface area contributed by atoms with Crippen LogP contribution in [-0.4, -0.2) is 13.2 Å². The number of rotatable bonds is 3. The molecule has 1 aliphatic carbocycles. The lowest BCUT2D eigenvalue weighted by molar-refractivity contribution is 0.301. The molecule has 0 radical (unpaired) electrons. The molecule has 2 nitrogen and oxygen atoms in total. The van der Waals surface area contributed by atoms with E-state index in [2.05, 4.69) is 0 Å². The predicted octanol–water partition coefficient (Wildman–Crippen LogP) is 2.89. The van der Waals surface area contributed by atoms with Crippen LogP contribution in [0.5, 0.6) is 11.5 Å². The van der Waals surface area contributed by atoms with E-state index in [4.69, 9.17) is 21.1 Å². The fourth-order valence-corrected chi connectivity index (χ4v) is 1.32. The fraction of sp³-hybridized carbons (Fsp3) is 0.400. The highest BCUT2D eigenvalue weighted by Crippen LogP contribution is 2.31. The summed E-state index contributed by atoms with van der Waals surface area (Å²) in [5.74, 6) is 1.54. The van der Waals surface area contributed by atoms with E-state index in [9.17, 15) is 0 Å². The first-order valence-corrected chi connectivity index (χ1v) is 4.67. The van der Waals surface area contributed by atoms with Gasteiger partial charge in [0.1, 0.15) is 11.5 Å². The van der Waals surface area contributed by atoms with E-state index >= 15 is 0 Å². The van der Waals surface area contributed by atoms with Crippen LogP contribution in [0.1, 0.15) is 12.8 Å². The zero-order valence-corrected chi connectivity index (χ0v) is 8.17. The molecule has 0 saturated heterocycles. The van der Waals surface area contributed by atoms with Crippen molar-refractivity contribution in [1.82, 2.24) is 0 Å². The smallest absolute Gasteiger partial charge is 0.124 e. The van der Waals surface area contributed by atoms with Crippen LogP contribution in [0.25, 0.3) is 0 Å². The standard InChI is InChI=1S/C10H11ClO2/c1-12-9-4-7(11)5-10(6-9)13-8-2-3-8/h4-6,8H,2-3H2,1H3. The van der Waals surface area contributed by atoms with E-state index in [1.807, 2.05) is 12.1 Å². The highest BCUT2D eigenvalue weighted by atomic mass is 35.5. The summed E-state index contributed by atoms with van der Waals surface area (Å²) in [7, 11) is 1.62. The van der Waals surface area contributed by atoms with Gasteiger partial charge >= 0.3 is 0 Å². The maximum absolute atomic E-state index is 5.87. The van der Waals surface area contributed by atoms with Crippen LogP contribution in [-0.2, 0) is 0 Å². The Morgan fingerprint density at radius 2 is 1.92 bits per heavy atom. The van der Waals surface area contributed by atoms with E-state index in [1.165, 1.54) is 0 Å². The van der Waals surface area contributed by atoms with E-state index in [0.717, 1.165) is 24.3 Å². The molecule has 13 heavy (non-hydrogen) atoms. The molecular formula is C10H11ClO2. The van der Waals surface area contributed by atoms with Crippen molar-refractivity contribution in [3.63, 3.8) is 0 Å². The van der Waals surface area contributed by atoms with Crippen molar-refractivity contribution in [2.45, 2.75) is 18.9 Å². The first-order chi connectivity index (χ1) is 6.28. The second kappa shape index (κ2) is 3.46. The van der Waals surface area contributed by atoms with Crippen LogP contribution >= 0.6 is 11.6 Å². The van der Waals surface area contributed by atoms with Gasteiger partial charge in [-0.25, -0.2) is 0 Å². The molecule has 0 N–H and O–H groups in total. The Kier molecular flexibility index (Phi) is 2.32. The molecule has 1 aromatic carbocycles. The van der Waals surface area contributed by atoms with Gasteiger partial charge in [0.05, 0.1) is 13.2 Å². The lowest BCUT2D eigenvalue weighted by Crippen LogP contribution is -1.96. The van der Waals surface area contributed by atoms with Gasteiger partial charge < -0.3 is 9.47 Å². The Bertz CT molecular complexity index is 308. The number of benzene rings is 1. The highest BCUT2D eigenvalue weighted by molar-refractivity contribution is 6.30. The van der Waals surface area contributed by atoms with Gasteiger partial charge in [0.2, 0.25) is 0 Å². The lowest BCUT2D eigenvalue weighted by atomic mass is 10.3. The van der Waals surface area contributed by atoms with Crippen molar-refractivity contribution in [3.8, 4) is 11.5 Å². The van der Waals surface area contributed by atoms with Gasteiger partial charge in [-0.2, -0.15) is 0 Å². The average molecular weight is 199 g/mol. The Balaban J connectivity index is 2.17.